The molecule has 11 heteroatoms. The molecule has 0 spiro atoms. The molecule has 1 unspecified atom stereocenters. The van der Waals surface area contributed by atoms with Crippen LogP contribution < -0.4 is 10.6 Å². The van der Waals surface area contributed by atoms with Crippen LogP contribution in [0.15, 0.2) is 59.5 Å². The van der Waals surface area contributed by atoms with Gasteiger partial charge in [0.25, 0.3) is 5.91 Å². The lowest BCUT2D eigenvalue weighted by Gasteiger charge is -2.30. The van der Waals surface area contributed by atoms with Crippen LogP contribution in [-0.4, -0.2) is 53.7 Å². The molecule has 198 valence electrons. The Morgan fingerprint density at radius 3 is 2.29 bits per heavy atom. The number of nitrogens with one attached hydrogen (secondary N) is 2. The first-order valence-electron chi connectivity index (χ1n) is 12.1. The lowest BCUT2D eigenvalue weighted by molar-refractivity contribution is -0.124. The summed E-state index contributed by atoms with van der Waals surface area (Å²) in [6, 6.07) is 16.2. The average Bonchev–Trinajstić information content (AvgIpc) is 3.30. The van der Waals surface area contributed by atoms with Crippen molar-refractivity contribution in [2.75, 3.05) is 13.6 Å². The fourth-order valence-electron chi connectivity index (χ4n) is 4.41. The first-order valence-corrected chi connectivity index (χ1v) is 13.6. The summed E-state index contributed by atoms with van der Waals surface area (Å²) in [5, 5.41) is 14.4. The van der Waals surface area contributed by atoms with Crippen molar-refractivity contribution in [3.63, 3.8) is 0 Å². The molecular weight excluding hydrogens is 504 g/mol. The summed E-state index contributed by atoms with van der Waals surface area (Å²) in [4.78, 5) is 30.9. The number of likely N-dealkylation sites (N-methyl/N-ethyl adjacent to an activating group) is 1. The normalized spacial score (nSPS) is 14.7. The van der Waals surface area contributed by atoms with Crippen molar-refractivity contribution in [2.45, 2.75) is 44.8 Å². The largest absolute Gasteiger partial charge is 0.357 e. The van der Waals surface area contributed by atoms with Crippen molar-refractivity contribution in [1.82, 2.24) is 24.5 Å². The van der Waals surface area contributed by atoms with Gasteiger partial charge in [-0.05, 0) is 29.7 Å². The van der Waals surface area contributed by atoms with E-state index in [2.05, 4.69) is 15.6 Å². The molecule has 0 saturated heterocycles. The summed E-state index contributed by atoms with van der Waals surface area (Å²) in [7, 11) is -2.40. The van der Waals surface area contributed by atoms with E-state index >= 15 is 0 Å². The molecule has 1 aliphatic heterocycles. The average molecular weight is 535 g/mol. The Hall–Kier alpha value is -4.01. The first kappa shape index (κ1) is 27.0. The highest BCUT2D eigenvalue weighted by Crippen LogP contribution is 2.30. The van der Waals surface area contributed by atoms with Crippen molar-refractivity contribution in [3.8, 4) is 17.5 Å². The number of hydrogen-bond donors (Lipinski definition) is 2. The van der Waals surface area contributed by atoms with E-state index in [9.17, 15) is 18.0 Å². The van der Waals surface area contributed by atoms with Gasteiger partial charge >= 0.3 is 0 Å². The number of aromatic nitrogens is 2. The third kappa shape index (κ3) is 5.18. The summed E-state index contributed by atoms with van der Waals surface area (Å²) in [5.74, 6) is -0.349. The lowest BCUT2D eigenvalue weighted by Crippen LogP contribution is -2.53. The second-order valence-electron chi connectivity index (χ2n) is 10.1. The summed E-state index contributed by atoms with van der Waals surface area (Å²) < 4.78 is 30.1. The fourth-order valence-corrected chi connectivity index (χ4v) is 5.80. The zero-order valence-electron chi connectivity index (χ0n) is 21.7. The minimum atomic E-state index is -3.90. The zero-order valence-corrected chi connectivity index (χ0v) is 22.5. The van der Waals surface area contributed by atoms with Crippen LogP contribution in [0.3, 0.4) is 0 Å². The van der Waals surface area contributed by atoms with Gasteiger partial charge in [0.05, 0.1) is 28.8 Å². The third-order valence-electron chi connectivity index (χ3n) is 6.49. The van der Waals surface area contributed by atoms with Crippen molar-refractivity contribution >= 4 is 21.8 Å². The molecule has 0 fully saturated rings. The van der Waals surface area contributed by atoms with E-state index in [1.165, 1.54) is 35.6 Å². The van der Waals surface area contributed by atoms with Gasteiger partial charge in [-0.25, -0.2) is 13.4 Å². The van der Waals surface area contributed by atoms with Gasteiger partial charge in [0.1, 0.15) is 11.9 Å². The number of hydrogen-bond acceptors (Lipinski definition) is 6. The van der Waals surface area contributed by atoms with Crippen molar-refractivity contribution in [1.29, 1.82) is 5.26 Å². The molecule has 4 rings (SSSR count). The standard InChI is InChI=1S/C27H30N6O4S/c1-27(2,3)23(26(35)29-4)31-25(34)22-21-17-32(38(36,37)20-12-10-18(16-28)11-13-20)14-15-33(21)24(30-22)19-8-6-5-7-9-19/h5-13,23H,14-15,17H2,1-4H3,(H,29,35)(H,31,34). The van der Waals surface area contributed by atoms with Crippen LogP contribution in [0.25, 0.3) is 11.4 Å². The molecule has 2 aromatic carbocycles. The summed E-state index contributed by atoms with van der Waals surface area (Å²) in [6.07, 6.45) is 0. The van der Waals surface area contributed by atoms with E-state index in [-0.39, 0.29) is 36.1 Å². The van der Waals surface area contributed by atoms with Crippen LogP contribution in [-0.2, 0) is 27.9 Å². The van der Waals surface area contributed by atoms with Crippen LogP contribution in [0.5, 0.6) is 0 Å². The maximum atomic E-state index is 13.6. The van der Waals surface area contributed by atoms with Crippen LogP contribution in [0, 0.1) is 16.7 Å². The lowest BCUT2D eigenvalue weighted by atomic mass is 9.86. The van der Waals surface area contributed by atoms with Gasteiger partial charge in [-0.2, -0.15) is 9.57 Å². The Morgan fingerprint density at radius 2 is 1.71 bits per heavy atom. The zero-order chi connectivity index (χ0) is 27.7. The molecule has 10 nitrogen and oxygen atoms in total. The van der Waals surface area contributed by atoms with Gasteiger partial charge < -0.3 is 15.2 Å². The highest BCUT2D eigenvalue weighted by atomic mass is 32.2. The van der Waals surface area contributed by atoms with Crippen LogP contribution in [0.4, 0.5) is 0 Å². The highest BCUT2D eigenvalue weighted by Gasteiger charge is 2.37. The Labute approximate surface area is 222 Å². The minimum Gasteiger partial charge on any atom is -0.357 e. The quantitative estimate of drug-likeness (QED) is 0.499. The maximum Gasteiger partial charge on any atom is 0.272 e. The molecule has 2 heterocycles. The SMILES string of the molecule is CNC(=O)C(NC(=O)c1nc(-c2ccccc2)n2c1CN(S(=O)(=O)c1ccc(C#N)cc1)CC2)C(C)(C)C. The highest BCUT2D eigenvalue weighted by molar-refractivity contribution is 7.89. The van der Waals surface area contributed by atoms with E-state index in [1.54, 1.807) is 0 Å². The topological polar surface area (TPSA) is 137 Å². The Bertz CT molecular complexity index is 1500. The molecule has 1 atom stereocenters. The van der Waals surface area contributed by atoms with Gasteiger partial charge in [0.2, 0.25) is 15.9 Å². The van der Waals surface area contributed by atoms with E-state index in [4.69, 9.17) is 5.26 Å². The number of imidazole rings is 1. The Balaban J connectivity index is 1.75. The van der Waals surface area contributed by atoms with Crippen molar-refractivity contribution in [3.05, 3.63) is 71.5 Å². The van der Waals surface area contributed by atoms with Gasteiger partial charge in [0.15, 0.2) is 5.69 Å². The molecule has 0 bridgehead atoms. The Kier molecular flexibility index (Phi) is 7.40. The van der Waals surface area contributed by atoms with Gasteiger partial charge in [-0.3, -0.25) is 9.59 Å². The molecular formula is C27H30N6O4S. The van der Waals surface area contributed by atoms with E-state index < -0.39 is 27.4 Å². The number of nitrogens with zero attached hydrogens (tertiary/aromatic N) is 4. The third-order valence-corrected chi connectivity index (χ3v) is 8.35. The first-order chi connectivity index (χ1) is 18.0. The molecule has 1 aromatic heterocycles. The molecule has 3 aromatic rings. The fraction of sp³-hybridized carbons (Fsp3) is 0.333. The van der Waals surface area contributed by atoms with Crippen molar-refractivity contribution in [2.24, 2.45) is 5.41 Å². The number of carbonyl (C=O) groups is 2. The smallest absolute Gasteiger partial charge is 0.272 e. The van der Waals surface area contributed by atoms with Crippen LogP contribution in [0.1, 0.15) is 42.5 Å². The van der Waals surface area contributed by atoms with E-state index in [0.717, 1.165) is 5.56 Å². The number of rotatable bonds is 6. The second-order valence-corrected chi connectivity index (χ2v) is 12.0. The van der Waals surface area contributed by atoms with Gasteiger partial charge in [-0.1, -0.05) is 51.1 Å². The van der Waals surface area contributed by atoms with Crippen LogP contribution in [0.2, 0.25) is 0 Å². The van der Waals surface area contributed by atoms with Crippen molar-refractivity contribution < 1.29 is 18.0 Å². The summed E-state index contributed by atoms with van der Waals surface area (Å²) >= 11 is 0. The predicted octanol–water partition coefficient (Wildman–Crippen LogP) is 2.52. The van der Waals surface area contributed by atoms with Gasteiger partial charge in [0, 0.05) is 25.7 Å². The predicted molar refractivity (Wildman–Crippen MR) is 141 cm³/mol. The number of fused-ring (bicyclic) bond motifs is 1. The summed E-state index contributed by atoms with van der Waals surface area (Å²) in [6.45, 7) is 5.92. The number of sulfonamides is 1. The molecule has 0 aliphatic carbocycles. The molecule has 2 amide bonds. The minimum absolute atomic E-state index is 0.0613. The van der Waals surface area contributed by atoms with E-state index in [1.807, 2.05) is 61.7 Å². The molecule has 1 aliphatic rings. The molecule has 0 radical (unpaired) electrons. The van der Waals surface area contributed by atoms with E-state index in [0.29, 0.717) is 17.1 Å². The van der Waals surface area contributed by atoms with Crippen LogP contribution >= 0.6 is 0 Å². The second kappa shape index (κ2) is 10.4. The molecule has 0 saturated carbocycles. The maximum absolute atomic E-state index is 13.6. The van der Waals surface area contributed by atoms with Gasteiger partial charge in [-0.15, -0.1) is 0 Å². The molecule has 2 N–H and O–H groups in total. The molecule has 38 heavy (non-hydrogen) atoms. The summed E-state index contributed by atoms with van der Waals surface area (Å²) in [5.41, 5.74) is 1.07. The number of amides is 2. The number of benzene rings is 2. The Morgan fingerprint density at radius 1 is 1.05 bits per heavy atom. The number of nitriles is 1. The monoisotopic (exact) mass is 534 g/mol. The number of carbonyl (C=O) groups excluding carboxylic acids is 2.